The molecule has 3 aromatic rings. The van der Waals surface area contributed by atoms with Crippen molar-refractivity contribution >= 4 is 29.2 Å². The first-order valence-corrected chi connectivity index (χ1v) is 9.50. The number of nitrogens with one attached hydrogen (secondary N) is 1. The number of aryl methyl sites for hydroxylation is 1. The molecule has 0 aliphatic carbocycles. The highest BCUT2D eigenvalue weighted by molar-refractivity contribution is 6.31. The SMILES string of the molecule is COC(=O)Nc1cc(Cl)ccc1-c1cc(=O)n(Cc2cccc(C(N)=NO)c2)c(C)n1. The molecule has 9 nitrogen and oxygen atoms in total. The summed E-state index contributed by atoms with van der Waals surface area (Å²) in [5.74, 6) is 0.448. The first kappa shape index (κ1) is 21.8. The summed E-state index contributed by atoms with van der Waals surface area (Å²) >= 11 is 6.04. The third-order valence-electron chi connectivity index (χ3n) is 4.55. The van der Waals surface area contributed by atoms with E-state index < -0.39 is 6.09 Å². The number of carbonyl (C=O) groups excluding carboxylic acids is 1. The number of anilines is 1. The minimum Gasteiger partial charge on any atom is -0.453 e. The van der Waals surface area contributed by atoms with Gasteiger partial charge >= 0.3 is 6.09 Å². The number of rotatable bonds is 5. The van der Waals surface area contributed by atoms with Crippen molar-refractivity contribution in [2.75, 3.05) is 12.4 Å². The molecule has 0 saturated heterocycles. The van der Waals surface area contributed by atoms with E-state index >= 15 is 0 Å². The fourth-order valence-corrected chi connectivity index (χ4v) is 3.20. The number of nitrogens with zero attached hydrogens (tertiary/aromatic N) is 3. The van der Waals surface area contributed by atoms with E-state index in [2.05, 4.69) is 20.2 Å². The number of ether oxygens (including phenoxy) is 1. The van der Waals surface area contributed by atoms with Gasteiger partial charge in [-0.1, -0.05) is 35.0 Å². The zero-order chi connectivity index (χ0) is 22.5. The zero-order valence-electron chi connectivity index (χ0n) is 16.8. The van der Waals surface area contributed by atoms with Gasteiger partial charge in [0.15, 0.2) is 5.84 Å². The number of aromatic nitrogens is 2. The number of hydrogen-bond donors (Lipinski definition) is 3. The lowest BCUT2D eigenvalue weighted by molar-refractivity contribution is 0.187. The monoisotopic (exact) mass is 441 g/mol. The van der Waals surface area contributed by atoms with Gasteiger partial charge in [-0.15, -0.1) is 0 Å². The van der Waals surface area contributed by atoms with Crippen molar-refractivity contribution in [1.29, 1.82) is 0 Å². The molecule has 0 bridgehead atoms. The number of amidine groups is 1. The fraction of sp³-hybridized carbons (Fsp3) is 0.143. The van der Waals surface area contributed by atoms with Crippen molar-refractivity contribution in [1.82, 2.24) is 9.55 Å². The second-order valence-corrected chi connectivity index (χ2v) is 7.04. The van der Waals surface area contributed by atoms with Crippen LogP contribution in [0.5, 0.6) is 0 Å². The molecule has 0 aliphatic heterocycles. The highest BCUT2D eigenvalue weighted by Crippen LogP contribution is 2.29. The maximum absolute atomic E-state index is 12.9. The van der Waals surface area contributed by atoms with Crippen LogP contribution in [0.3, 0.4) is 0 Å². The van der Waals surface area contributed by atoms with E-state index in [-0.39, 0.29) is 17.9 Å². The van der Waals surface area contributed by atoms with Crippen LogP contribution >= 0.6 is 11.6 Å². The summed E-state index contributed by atoms with van der Waals surface area (Å²) in [6, 6.07) is 13.2. The summed E-state index contributed by atoms with van der Waals surface area (Å²) in [6.45, 7) is 1.96. The maximum Gasteiger partial charge on any atom is 0.411 e. The molecule has 1 amide bonds. The van der Waals surface area contributed by atoms with Crippen LogP contribution in [0.4, 0.5) is 10.5 Å². The van der Waals surface area contributed by atoms with Gasteiger partial charge in [0.05, 0.1) is 25.0 Å². The number of methoxy groups -OCH3 is 1. The molecule has 0 radical (unpaired) electrons. The van der Waals surface area contributed by atoms with Crippen LogP contribution in [0.2, 0.25) is 5.02 Å². The lowest BCUT2D eigenvalue weighted by Gasteiger charge is -2.14. The predicted octanol–water partition coefficient (Wildman–Crippen LogP) is 3.19. The molecule has 1 heterocycles. The molecule has 10 heteroatoms. The van der Waals surface area contributed by atoms with Crippen LogP contribution in [0.1, 0.15) is 17.0 Å². The van der Waals surface area contributed by atoms with E-state index in [0.717, 1.165) is 5.56 Å². The Labute approximate surface area is 182 Å². The number of amides is 1. The standard InChI is InChI=1S/C21H20ClN5O4/c1-12-24-18(16-7-6-15(22)9-17(16)25-21(29)31-2)10-19(28)27(12)11-13-4-3-5-14(8-13)20(23)26-30/h3-10,30H,11H2,1-2H3,(H2,23,26)(H,25,29). The minimum atomic E-state index is -0.667. The summed E-state index contributed by atoms with van der Waals surface area (Å²) in [5.41, 5.74) is 7.95. The third-order valence-corrected chi connectivity index (χ3v) is 4.79. The zero-order valence-corrected chi connectivity index (χ0v) is 17.6. The molecule has 31 heavy (non-hydrogen) atoms. The molecule has 0 atom stereocenters. The van der Waals surface area contributed by atoms with Gasteiger partial charge in [0.1, 0.15) is 5.82 Å². The van der Waals surface area contributed by atoms with Crippen molar-refractivity contribution in [3.63, 3.8) is 0 Å². The van der Waals surface area contributed by atoms with Crippen molar-refractivity contribution in [3.8, 4) is 11.3 Å². The molecule has 0 unspecified atom stereocenters. The van der Waals surface area contributed by atoms with E-state index in [4.69, 9.17) is 22.5 Å². The van der Waals surface area contributed by atoms with Gasteiger partial charge in [0.25, 0.3) is 5.56 Å². The molecule has 4 N–H and O–H groups in total. The molecule has 0 spiro atoms. The number of hydrogen-bond acceptors (Lipinski definition) is 6. The van der Waals surface area contributed by atoms with Gasteiger partial charge in [0.2, 0.25) is 0 Å². The van der Waals surface area contributed by atoms with Crippen LogP contribution in [0.15, 0.2) is 58.5 Å². The second kappa shape index (κ2) is 9.31. The van der Waals surface area contributed by atoms with Crippen LogP contribution in [0.25, 0.3) is 11.3 Å². The highest BCUT2D eigenvalue weighted by atomic mass is 35.5. The Bertz CT molecular complexity index is 1220. The summed E-state index contributed by atoms with van der Waals surface area (Å²) in [5, 5.41) is 14.8. The number of halogens is 1. The fourth-order valence-electron chi connectivity index (χ4n) is 3.03. The lowest BCUT2D eigenvalue weighted by atomic mass is 10.1. The van der Waals surface area contributed by atoms with Gasteiger partial charge in [-0.05, 0) is 36.8 Å². The van der Waals surface area contributed by atoms with E-state index in [1.807, 2.05) is 6.07 Å². The molecule has 0 fully saturated rings. The molecular weight excluding hydrogens is 422 g/mol. The number of carbonyl (C=O) groups is 1. The Hall–Kier alpha value is -3.85. The van der Waals surface area contributed by atoms with Crippen LogP contribution < -0.4 is 16.6 Å². The maximum atomic E-state index is 12.9. The summed E-state index contributed by atoms with van der Waals surface area (Å²) in [4.78, 5) is 29.1. The average molecular weight is 442 g/mol. The van der Waals surface area contributed by atoms with Crippen molar-refractivity contribution < 1.29 is 14.7 Å². The predicted molar refractivity (Wildman–Crippen MR) is 118 cm³/mol. The first-order chi connectivity index (χ1) is 14.8. The van der Waals surface area contributed by atoms with Gasteiger partial charge < -0.3 is 15.7 Å². The molecule has 0 saturated carbocycles. The van der Waals surface area contributed by atoms with Crippen molar-refractivity contribution in [2.24, 2.45) is 10.9 Å². The summed E-state index contributed by atoms with van der Waals surface area (Å²) in [7, 11) is 1.25. The van der Waals surface area contributed by atoms with Crippen molar-refractivity contribution in [2.45, 2.75) is 13.5 Å². The van der Waals surface area contributed by atoms with E-state index in [1.54, 1.807) is 43.3 Å². The Morgan fingerprint density at radius 1 is 1.29 bits per heavy atom. The van der Waals surface area contributed by atoms with Crippen LogP contribution in [0, 0.1) is 6.92 Å². The smallest absolute Gasteiger partial charge is 0.411 e. The van der Waals surface area contributed by atoms with Crippen LogP contribution in [-0.2, 0) is 11.3 Å². The Morgan fingerprint density at radius 2 is 2.06 bits per heavy atom. The van der Waals surface area contributed by atoms with E-state index in [1.165, 1.54) is 17.7 Å². The molecule has 1 aromatic heterocycles. The van der Waals surface area contributed by atoms with Gasteiger partial charge in [0, 0.05) is 22.2 Å². The quantitative estimate of drug-likeness (QED) is 0.241. The summed E-state index contributed by atoms with van der Waals surface area (Å²) in [6.07, 6.45) is -0.667. The average Bonchev–Trinajstić information content (AvgIpc) is 2.75. The topological polar surface area (TPSA) is 132 Å². The number of nitrogens with two attached hydrogens (primary N) is 1. The minimum absolute atomic E-state index is 0.0206. The molecule has 160 valence electrons. The van der Waals surface area contributed by atoms with E-state index in [0.29, 0.717) is 33.4 Å². The van der Waals surface area contributed by atoms with Crippen LogP contribution in [-0.4, -0.2) is 33.8 Å². The Balaban J connectivity index is 1.99. The number of oxime groups is 1. The highest BCUT2D eigenvalue weighted by Gasteiger charge is 2.14. The molecular formula is C21H20ClN5O4. The molecule has 2 aromatic carbocycles. The molecule has 3 rings (SSSR count). The summed E-state index contributed by atoms with van der Waals surface area (Å²) < 4.78 is 6.14. The van der Waals surface area contributed by atoms with Gasteiger partial charge in [-0.25, -0.2) is 9.78 Å². The lowest BCUT2D eigenvalue weighted by Crippen LogP contribution is -2.24. The second-order valence-electron chi connectivity index (χ2n) is 6.61. The third kappa shape index (κ3) is 5.01. The molecule has 0 aliphatic rings. The largest absolute Gasteiger partial charge is 0.453 e. The number of benzene rings is 2. The van der Waals surface area contributed by atoms with Gasteiger partial charge in [-0.3, -0.25) is 14.7 Å². The normalized spacial score (nSPS) is 11.3. The van der Waals surface area contributed by atoms with Gasteiger partial charge in [-0.2, -0.15) is 0 Å². The van der Waals surface area contributed by atoms with Crippen molar-refractivity contribution in [3.05, 3.63) is 80.9 Å². The van der Waals surface area contributed by atoms with E-state index in [9.17, 15) is 9.59 Å². The first-order valence-electron chi connectivity index (χ1n) is 9.12. The Morgan fingerprint density at radius 3 is 2.74 bits per heavy atom. The Kier molecular flexibility index (Phi) is 6.56.